The number of benzene rings is 1. The summed E-state index contributed by atoms with van der Waals surface area (Å²) in [6, 6.07) is 4.51. The van der Waals surface area contributed by atoms with Gasteiger partial charge in [0.25, 0.3) is 0 Å². The van der Waals surface area contributed by atoms with Crippen LogP contribution in [0.3, 0.4) is 0 Å². The molecule has 1 aromatic heterocycles. The lowest BCUT2D eigenvalue weighted by molar-refractivity contribution is -0.0504. The Labute approximate surface area is 162 Å². The second kappa shape index (κ2) is 10.7. The molecule has 0 aliphatic rings. The van der Waals surface area contributed by atoms with Crippen LogP contribution in [0.4, 0.5) is 8.78 Å². The van der Waals surface area contributed by atoms with Gasteiger partial charge in [0.1, 0.15) is 5.75 Å². The normalized spacial score (nSPS) is 11.7. The van der Waals surface area contributed by atoms with E-state index < -0.39 is 6.61 Å². The highest BCUT2D eigenvalue weighted by Crippen LogP contribution is 2.25. The molecule has 0 amide bonds. The number of aromatic amines is 1. The largest absolute Gasteiger partial charge is 0.434 e. The fraction of sp³-hybridized carbons (Fsp3) is 0.444. The van der Waals surface area contributed by atoms with E-state index in [1.165, 1.54) is 17.7 Å². The zero-order chi connectivity index (χ0) is 19.6. The predicted molar refractivity (Wildman–Crippen MR) is 103 cm³/mol. The lowest BCUT2D eigenvalue weighted by Crippen LogP contribution is -2.37. The van der Waals surface area contributed by atoms with E-state index in [4.69, 9.17) is 11.6 Å². The van der Waals surface area contributed by atoms with Gasteiger partial charge < -0.3 is 15.4 Å². The van der Waals surface area contributed by atoms with Crippen LogP contribution in [0, 0.1) is 6.92 Å². The number of ether oxygens (including phenoxy) is 1. The van der Waals surface area contributed by atoms with Crippen LogP contribution < -0.4 is 15.4 Å². The quantitative estimate of drug-likeness (QED) is 0.342. The molecule has 0 radical (unpaired) electrons. The molecule has 2 aromatic rings. The first-order chi connectivity index (χ1) is 13.0. The van der Waals surface area contributed by atoms with E-state index in [-0.39, 0.29) is 12.3 Å². The number of aliphatic imine (C=N–C) groups is 1. The topological polar surface area (TPSA) is 74.3 Å². The summed E-state index contributed by atoms with van der Waals surface area (Å²) in [5, 5.41) is 13.7. The van der Waals surface area contributed by atoms with Crippen molar-refractivity contribution in [1.82, 2.24) is 20.8 Å². The molecule has 0 saturated carbocycles. The molecular formula is C18H24ClF2N5O. The van der Waals surface area contributed by atoms with Crippen LogP contribution in [0.1, 0.15) is 30.2 Å². The molecule has 0 aliphatic carbocycles. The smallest absolute Gasteiger partial charge is 0.387 e. The number of hydrogen-bond donors (Lipinski definition) is 3. The molecule has 0 unspecified atom stereocenters. The number of aromatic nitrogens is 2. The first kappa shape index (κ1) is 21.0. The Bertz CT molecular complexity index is 751. The van der Waals surface area contributed by atoms with E-state index in [1.807, 2.05) is 20.0 Å². The second-order valence-electron chi connectivity index (χ2n) is 5.88. The van der Waals surface area contributed by atoms with Crippen LogP contribution >= 0.6 is 11.6 Å². The molecule has 0 saturated heterocycles. The monoisotopic (exact) mass is 399 g/mol. The van der Waals surface area contributed by atoms with Crippen molar-refractivity contribution < 1.29 is 13.5 Å². The van der Waals surface area contributed by atoms with E-state index in [2.05, 4.69) is 30.6 Å². The minimum atomic E-state index is -2.90. The Hall–Kier alpha value is -2.35. The van der Waals surface area contributed by atoms with Crippen molar-refractivity contribution in [2.75, 3.05) is 13.1 Å². The summed E-state index contributed by atoms with van der Waals surface area (Å²) in [6.07, 6.45) is 3.63. The molecule has 6 nitrogen and oxygen atoms in total. The number of H-pyrrole nitrogens is 1. The van der Waals surface area contributed by atoms with Gasteiger partial charge in [-0.25, -0.2) is 4.99 Å². The highest BCUT2D eigenvalue weighted by Gasteiger charge is 2.10. The number of aryl methyl sites for hydroxylation is 2. The van der Waals surface area contributed by atoms with Gasteiger partial charge in [0.2, 0.25) is 0 Å². The Morgan fingerprint density at radius 3 is 2.81 bits per heavy atom. The minimum absolute atomic E-state index is 0.0735. The SMILES string of the molecule is CCNC(=NCc1cc(Cl)ccc1OC(F)F)NCCCc1cn[nH]c1C. The van der Waals surface area contributed by atoms with Crippen molar-refractivity contribution in [3.8, 4) is 5.75 Å². The lowest BCUT2D eigenvalue weighted by atomic mass is 10.1. The summed E-state index contributed by atoms with van der Waals surface area (Å²) in [5.41, 5.74) is 2.75. The highest BCUT2D eigenvalue weighted by atomic mass is 35.5. The van der Waals surface area contributed by atoms with E-state index in [9.17, 15) is 8.78 Å². The zero-order valence-electron chi connectivity index (χ0n) is 15.4. The molecule has 1 heterocycles. The van der Waals surface area contributed by atoms with Crippen LogP contribution in [0.25, 0.3) is 0 Å². The standard InChI is InChI=1S/C18H24ClF2N5O/c1-3-22-18(23-8-4-5-13-11-25-26-12(13)2)24-10-14-9-15(19)6-7-16(14)27-17(20)21/h6-7,9,11,17H,3-5,8,10H2,1-2H3,(H,25,26)(H2,22,23,24). The summed E-state index contributed by atoms with van der Waals surface area (Å²) >= 11 is 5.96. The summed E-state index contributed by atoms with van der Waals surface area (Å²) in [5.74, 6) is 0.675. The molecule has 9 heteroatoms. The van der Waals surface area contributed by atoms with E-state index >= 15 is 0 Å². The molecule has 148 valence electrons. The maximum atomic E-state index is 12.5. The van der Waals surface area contributed by atoms with Gasteiger partial charge in [-0.15, -0.1) is 0 Å². The number of nitrogens with zero attached hydrogens (tertiary/aromatic N) is 2. The molecule has 27 heavy (non-hydrogen) atoms. The third-order valence-corrected chi connectivity index (χ3v) is 4.08. The maximum absolute atomic E-state index is 12.5. The molecule has 0 atom stereocenters. The van der Waals surface area contributed by atoms with Crippen molar-refractivity contribution in [3.05, 3.63) is 46.2 Å². The van der Waals surface area contributed by atoms with Crippen LogP contribution in [0.2, 0.25) is 5.02 Å². The molecule has 1 aromatic carbocycles. The Morgan fingerprint density at radius 2 is 2.15 bits per heavy atom. The fourth-order valence-electron chi connectivity index (χ4n) is 2.50. The van der Waals surface area contributed by atoms with Gasteiger partial charge in [-0.1, -0.05) is 11.6 Å². The van der Waals surface area contributed by atoms with Crippen LogP contribution in [0.15, 0.2) is 29.4 Å². The van der Waals surface area contributed by atoms with Crippen molar-refractivity contribution in [2.24, 2.45) is 4.99 Å². The van der Waals surface area contributed by atoms with Crippen molar-refractivity contribution >= 4 is 17.6 Å². The average molecular weight is 400 g/mol. The van der Waals surface area contributed by atoms with E-state index in [0.29, 0.717) is 29.6 Å². The number of guanidine groups is 1. The molecule has 0 bridgehead atoms. The molecule has 0 aliphatic heterocycles. The van der Waals surface area contributed by atoms with Crippen LogP contribution in [-0.2, 0) is 13.0 Å². The van der Waals surface area contributed by atoms with E-state index in [1.54, 1.807) is 6.07 Å². The molecular weight excluding hydrogens is 376 g/mol. The zero-order valence-corrected chi connectivity index (χ0v) is 16.1. The first-order valence-corrected chi connectivity index (χ1v) is 9.11. The molecule has 0 spiro atoms. The van der Waals surface area contributed by atoms with Crippen molar-refractivity contribution in [2.45, 2.75) is 39.8 Å². The number of halogens is 3. The van der Waals surface area contributed by atoms with Gasteiger partial charge in [-0.2, -0.15) is 13.9 Å². The third kappa shape index (κ3) is 7.05. The summed E-state index contributed by atoms with van der Waals surface area (Å²) < 4.78 is 29.6. The Morgan fingerprint density at radius 1 is 1.33 bits per heavy atom. The number of nitrogens with one attached hydrogen (secondary N) is 3. The van der Waals surface area contributed by atoms with Crippen LogP contribution in [0.5, 0.6) is 5.75 Å². The maximum Gasteiger partial charge on any atom is 0.387 e. The van der Waals surface area contributed by atoms with Crippen LogP contribution in [-0.4, -0.2) is 35.9 Å². The molecule has 2 rings (SSSR count). The summed E-state index contributed by atoms with van der Waals surface area (Å²) in [6.45, 7) is 2.61. The minimum Gasteiger partial charge on any atom is -0.434 e. The van der Waals surface area contributed by atoms with Gasteiger partial charge >= 0.3 is 6.61 Å². The average Bonchev–Trinajstić information content (AvgIpc) is 3.03. The summed E-state index contributed by atoms with van der Waals surface area (Å²) in [4.78, 5) is 4.44. The predicted octanol–water partition coefficient (Wildman–Crippen LogP) is 3.66. The van der Waals surface area contributed by atoms with Gasteiger partial charge in [-0.3, -0.25) is 5.10 Å². The highest BCUT2D eigenvalue weighted by molar-refractivity contribution is 6.30. The van der Waals surface area contributed by atoms with Gasteiger partial charge in [0, 0.05) is 29.4 Å². The fourth-order valence-corrected chi connectivity index (χ4v) is 2.70. The lowest BCUT2D eigenvalue weighted by Gasteiger charge is -2.13. The Kier molecular flexibility index (Phi) is 8.32. The van der Waals surface area contributed by atoms with Gasteiger partial charge in [-0.05, 0) is 50.5 Å². The second-order valence-corrected chi connectivity index (χ2v) is 6.31. The third-order valence-electron chi connectivity index (χ3n) is 3.84. The van der Waals surface area contributed by atoms with E-state index in [0.717, 1.165) is 18.5 Å². The Balaban J connectivity index is 1.94. The van der Waals surface area contributed by atoms with Crippen molar-refractivity contribution in [1.29, 1.82) is 0 Å². The number of alkyl halides is 2. The molecule has 0 fully saturated rings. The molecule has 3 N–H and O–H groups in total. The summed E-state index contributed by atoms with van der Waals surface area (Å²) in [7, 11) is 0. The van der Waals surface area contributed by atoms with Gasteiger partial charge in [0.05, 0.1) is 12.7 Å². The van der Waals surface area contributed by atoms with Gasteiger partial charge in [0.15, 0.2) is 5.96 Å². The number of hydrogen-bond acceptors (Lipinski definition) is 3. The van der Waals surface area contributed by atoms with Crippen molar-refractivity contribution in [3.63, 3.8) is 0 Å². The first-order valence-electron chi connectivity index (χ1n) is 8.73. The number of rotatable bonds is 9.